The Morgan fingerprint density at radius 2 is 2.00 bits per heavy atom. The number of esters is 1. The van der Waals surface area contributed by atoms with Gasteiger partial charge in [0.2, 0.25) is 0 Å². The number of hydrogen-bond acceptors (Lipinski definition) is 7. The zero-order chi connectivity index (χ0) is 18.7. The molecular formula is C19H24O7. The Labute approximate surface area is 152 Å². The van der Waals surface area contributed by atoms with Crippen LogP contribution in [-0.4, -0.2) is 49.8 Å². The number of carbonyl (C=O) groups excluding carboxylic acids is 1. The number of ether oxygens (including phenoxy) is 6. The van der Waals surface area contributed by atoms with Gasteiger partial charge in [-0.3, -0.25) is 9.53 Å². The van der Waals surface area contributed by atoms with Gasteiger partial charge in [0.1, 0.15) is 18.3 Å². The SMILES string of the molecule is C=CC1O[C@H]2OC(C)(OC)OC2[C@H](OCc2ccccc2)[C@H]1OC(C)=O. The van der Waals surface area contributed by atoms with E-state index in [2.05, 4.69) is 6.58 Å². The zero-order valence-corrected chi connectivity index (χ0v) is 15.1. The van der Waals surface area contributed by atoms with Crippen molar-refractivity contribution in [3.63, 3.8) is 0 Å². The molecule has 7 heteroatoms. The lowest BCUT2D eigenvalue weighted by atomic mass is 9.98. The number of carbonyl (C=O) groups is 1. The maximum Gasteiger partial charge on any atom is 0.303 e. The molecule has 2 fully saturated rings. The maximum absolute atomic E-state index is 11.6. The van der Waals surface area contributed by atoms with Gasteiger partial charge in [0.05, 0.1) is 6.61 Å². The lowest BCUT2D eigenvalue weighted by Gasteiger charge is -2.40. The molecule has 1 aromatic carbocycles. The van der Waals surface area contributed by atoms with E-state index in [0.717, 1.165) is 5.56 Å². The Hall–Kier alpha value is -1.77. The van der Waals surface area contributed by atoms with Crippen LogP contribution in [0.4, 0.5) is 0 Å². The van der Waals surface area contributed by atoms with Crippen molar-refractivity contribution in [3.8, 4) is 0 Å². The standard InChI is InChI=1S/C19H24O7/c1-5-14-15(23-12(2)20)16(22-11-13-9-7-6-8-10-13)17-18(24-14)26-19(3,21-4)25-17/h5-10,14-18H,1,11H2,2-4H3/t14?,15-,16+,17?,18-,19?/m0/s1. The van der Waals surface area contributed by atoms with Crippen molar-refractivity contribution >= 4 is 5.97 Å². The van der Waals surface area contributed by atoms with Gasteiger partial charge in [0.25, 0.3) is 5.97 Å². The molecule has 2 aliphatic heterocycles. The summed E-state index contributed by atoms with van der Waals surface area (Å²) in [5, 5.41) is 0. The van der Waals surface area contributed by atoms with Crippen LogP contribution in [0.1, 0.15) is 19.4 Å². The molecule has 2 aliphatic rings. The van der Waals surface area contributed by atoms with E-state index in [1.54, 1.807) is 13.0 Å². The first-order valence-electron chi connectivity index (χ1n) is 8.47. The fraction of sp³-hybridized carbons (Fsp3) is 0.526. The molecule has 0 aliphatic carbocycles. The molecule has 0 amide bonds. The lowest BCUT2D eigenvalue weighted by molar-refractivity contribution is -0.332. The van der Waals surface area contributed by atoms with E-state index in [9.17, 15) is 4.79 Å². The third-order valence-electron chi connectivity index (χ3n) is 4.40. The minimum Gasteiger partial charge on any atom is -0.457 e. The number of benzene rings is 1. The summed E-state index contributed by atoms with van der Waals surface area (Å²) in [5.41, 5.74) is 0.987. The van der Waals surface area contributed by atoms with Crippen LogP contribution in [0.3, 0.4) is 0 Å². The average molecular weight is 364 g/mol. The molecule has 7 nitrogen and oxygen atoms in total. The molecule has 1 aromatic rings. The first kappa shape index (κ1) is 19.0. The Bertz CT molecular complexity index is 634. The molecular weight excluding hydrogens is 340 g/mol. The second-order valence-electron chi connectivity index (χ2n) is 6.31. The fourth-order valence-electron chi connectivity index (χ4n) is 3.11. The molecule has 142 valence electrons. The summed E-state index contributed by atoms with van der Waals surface area (Å²) in [4.78, 5) is 11.6. The van der Waals surface area contributed by atoms with Gasteiger partial charge in [-0.05, 0) is 5.56 Å². The topological polar surface area (TPSA) is 72.5 Å². The fourth-order valence-corrected chi connectivity index (χ4v) is 3.11. The third kappa shape index (κ3) is 3.97. The van der Waals surface area contributed by atoms with E-state index >= 15 is 0 Å². The zero-order valence-electron chi connectivity index (χ0n) is 15.1. The van der Waals surface area contributed by atoms with Crippen molar-refractivity contribution in [2.24, 2.45) is 0 Å². The quantitative estimate of drug-likeness (QED) is 0.566. The van der Waals surface area contributed by atoms with E-state index in [0.29, 0.717) is 6.61 Å². The third-order valence-corrected chi connectivity index (χ3v) is 4.40. The summed E-state index contributed by atoms with van der Waals surface area (Å²) in [6, 6.07) is 9.70. The van der Waals surface area contributed by atoms with E-state index in [4.69, 9.17) is 28.4 Å². The second kappa shape index (κ2) is 7.85. The van der Waals surface area contributed by atoms with Crippen LogP contribution in [0.5, 0.6) is 0 Å². The Morgan fingerprint density at radius 3 is 2.62 bits per heavy atom. The molecule has 6 atom stereocenters. The van der Waals surface area contributed by atoms with Crippen LogP contribution in [0.25, 0.3) is 0 Å². The predicted molar refractivity (Wildman–Crippen MR) is 90.8 cm³/mol. The molecule has 26 heavy (non-hydrogen) atoms. The minimum atomic E-state index is -1.26. The van der Waals surface area contributed by atoms with Gasteiger partial charge in [-0.15, -0.1) is 6.58 Å². The van der Waals surface area contributed by atoms with Crippen molar-refractivity contribution in [2.75, 3.05) is 7.11 Å². The van der Waals surface area contributed by atoms with Crippen LogP contribution >= 0.6 is 0 Å². The summed E-state index contributed by atoms with van der Waals surface area (Å²) in [5.74, 6) is -1.70. The van der Waals surface area contributed by atoms with Gasteiger partial charge in [-0.2, -0.15) is 0 Å². The Balaban J connectivity index is 1.84. The summed E-state index contributed by atoms with van der Waals surface area (Å²) >= 11 is 0. The number of hydrogen-bond donors (Lipinski definition) is 0. The van der Waals surface area contributed by atoms with E-state index in [1.165, 1.54) is 14.0 Å². The highest BCUT2D eigenvalue weighted by molar-refractivity contribution is 5.66. The molecule has 3 unspecified atom stereocenters. The van der Waals surface area contributed by atoms with Crippen molar-refractivity contribution < 1.29 is 33.2 Å². The van der Waals surface area contributed by atoms with Crippen molar-refractivity contribution in [3.05, 3.63) is 48.6 Å². The summed E-state index contributed by atoms with van der Waals surface area (Å²) in [6.07, 6.45) is -1.70. The van der Waals surface area contributed by atoms with Crippen LogP contribution in [-0.2, 0) is 39.8 Å². The van der Waals surface area contributed by atoms with Crippen molar-refractivity contribution in [2.45, 2.75) is 57.1 Å². The average Bonchev–Trinajstić information content (AvgIpc) is 2.97. The Kier molecular flexibility index (Phi) is 5.74. The lowest BCUT2D eigenvalue weighted by Crippen LogP contribution is -2.58. The highest BCUT2D eigenvalue weighted by Crippen LogP contribution is 2.39. The van der Waals surface area contributed by atoms with Gasteiger partial charge in [0, 0.05) is 21.0 Å². The highest BCUT2D eigenvalue weighted by atomic mass is 16.9. The minimum absolute atomic E-state index is 0.323. The molecule has 3 rings (SSSR count). The van der Waals surface area contributed by atoms with Crippen LogP contribution in [0, 0.1) is 0 Å². The first-order valence-corrected chi connectivity index (χ1v) is 8.47. The molecule has 0 saturated carbocycles. The summed E-state index contributed by atoms with van der Waals surface area (Å²) < 4.78 is 34.3. The molecule has 0 N–H and O–H groups in total. The normalized spacial score (nSPS) is 36.3. The number of rotatable bonds is 6. The number of methoxy groups -OCH3 is 1. The Morgan fingerprint density at radius 1 is 1.27 bits per heavy atom. The van der Waals surface area contributed by atoms with E-state index in [-0.39, 0.29) is 0 Å². The smallest absolute Gasteiger partial charge is 0.303 e. The van der Waals surface area contributed by atoms with E-state index in [1.807, 2.05) is 30.3 Å². The van der Waals surface area contributed by atoms with Gasteiger partial charge in [-0.1, -0.05) is 36.4 Å². The van der Waals surface area contributed by atoms with Crippen molar-refractivity contribution in [1.29, 1.82) is 0 Å². The summed E-state index contributed by atoms with van der Waals surface area (Å²) in [6.45, 7) is 7.07. The molecule has 0 aromatic heterocycles. The molecule has 2 heterocycles. The van der Waals surface area contributed by atoms with E-state index < -0.39 is 42.6 Å². The number of fused-ring (bicyclic) bond motifs is 1. The van der Waals surface area contributed by atoms with Crippen LogP contribution in [0.15, 0.2) is 43.0 Å². The van der Waals surface area contributed by atoms with Gasteiger partial charge in [-0.25, -0.2) is 0 Å². The van der Waals surface area contributed by atoms with Crippen molar-refractivity contribution in [1.82, 2.24) is 0 Å². The predicted octanol–water partition coefficient (Wildman–Crippen LogP) is 2.15. The molecule has 2 saturated heterocycles. The maximum atomic E-state index is 11.6. The van der Waals surface area contributed by atoms with Gasteiger partial charge in [0.15, 0.2) is 12.4 Å². The first-order chi connectivity index (χ1) is 12.5. The second-order valence-corrected chi connectivity index (χ2v) is 6.31. The monoisotopic (exact) mass is 364 g/mol. The molecule has 0 radical (unpaired) electrons. The molecule has 0 spiro atoms. The highest BCUT2D eigenvalue weighted by Gasteiger charge is 2.57. The van der Waals surface area contributed by atoms with Crippen LogP contribution < -0.4 is 0 Å². The summed E-state index contributed by atoms with van der Waals surface area (Å²) in [7, 11) is 1.48. The van der Waals surface area contributed by atoms with Gasteiger partial charge < -0.3 is 23.7 Å². The molecule has 0 bridgehead atoms. The van der Waals surface area contributed by atoms with Gasteiger partial charge >= 0.3 is 5.97 Å². The van der Waals surface area contributed by atoms with Crippen LogP contribution in [0.2, 0.25) is 0 Å². The largest absolute Gasteiger partial charge is 0.457 e.